The van der Waals surface area contributed by atoms with Crippen molar-refractivity contribution in [2.45, 2.75) is 10.8 Å². The number of benzene rings is 1. The van der Waals surface area contributed by atoms with Gasteiger partial charge in [-0.1, -0.05) is 52.4 Å². The SMILES string of the molecule is Cc1ccc(C(I)C(=O)O)cc1. The maximum atomic E-state index is 10.6. The molecule has 1 atom stereocenters. The van der Waals surface area contributed by atoms with Gasteiger partial charge in [0.25, 0.3) is 0 Å². The van der Waals surface area contributed by atoms with E-state index in [0.29, 0.717) is 0 Å². The molecule has 1 rings (SSSR count). The van der Waals surface area contributed by atoms with Crippen molar-refractivity contribution in [1.82, 2.24) is 0 Å². The number of aryl methyl sites for hydroxylation is 1. The third-order valence-electron chi connectivity index (χ3n) is 1.59. The van der Waals surface area contributed by atoms with Gasteiger partial charge in [0, 0.05) is 0 Å². The predicted molar refractivity (Wildman–Crippen MR) is 55.6 cm³/mol. The lowest BCUT2D eigenvalue weighted by atomic mass is 10.1. The lowest BCUT2D eigenvalue weighted by Crippen LogP contribution is -2.03. The van der Waals surface area contributed by atoms with Crippen LogP contribution in [0.3, 0.4) is 0 Å². The molecule has 0 amide bonds. The van der Waals surface area contributed by atoms with Gasteiger partial charge in [0.1, 0.15) is 3.92 Å². The summed E-state index contributed by atoms with van der Waals surface area (Å²) in [4.78, 5) is 10.6. The van der Waals surface area contributed by atoms with E-state index in [-0.39, 0.29) is 0 Å². The van der Waals surface area contributed by atoms with Gasteiger partial charge in [-0.15, -0.1) is 0 Å². The number of aliphatic carboxylic acids is 1. The molecule has 1 N–H and O–H groups in total. The van der Waals surface area contributed by atoms with Crippen LogP contribution in [0, 0.1) is 6.92 Å². The number of carbonyl (C=O) groups is 1. The van der Waals surface area contributed by atoms with E-state index in [1.54, 1.807) is 0 Å². The van der Waals surface area contributed by atoms with Crippen molar-refractivity contribution in [1.29, 1.82) is 0 Å². The van der Waals surface area contributed by atoms with E-state index >= 15 is 0 Å². The summed E-state index contributed by atoms with van der Waals surface area (Å²) in [5.41, 5.74) is 1.99. The van der Waals surface area contributed by atoms with E-state index in [9.17, 15) is 4.79 Å². The Morgan fingerprint density at radius 3 is 2.33 bits per heavy atom. The first-order valence-electron chi connectivity index (χ1n) is 3.54. The highest BCUT2D eigenvalue weighted by Crippen LogP contribution is 2.23. The van der Waals surface area contributed by atoms with Gasteiger partial charge >= 0.3 is 5.97 Å². The fourth-order valence-electron chi connectivity index (χ4n) is 0.878. The molecular weight excluding hydrogens is 267 g/mol. The van der Waals surface area contributed by atoms with Gasteiger partial charge in [-0.3, -0.25) is 4.79 Å². The van der Waals surface area contributed by atoms with Crippen molar-refractivity contribution in [2.24, 2.45) is 0 Å². The molecule has 0 saturated heterocycles. The monoisotopic (exact) mass is 276 g/mol. The molecule has 0 saturated carbocycles. The summed E-state index contributed by atoms with van der Waals surface area (Å²) >= 11 is 1.91. The van der Waals surface area contributed by atoms with Crippen molar-refractivity contribution in [2.75, 3.05) is 0 Å². The molecule has 0 heterocycles. The van der Waals surface area contributed by atoms with Gasteiger partial charge < -0.3 is 5.11 Å². The Hall–Kier alpha value is -0.580. The molecule has 0 aliphatic heterocycles. The molecule has 12 heavy (non-hydrogen) atoms. The van der Waals surface area contributed by atoms with E-state index < -0.39 is 9.89 Å². The van der Waals surface area contributed by atoms with Crippen LogP contribution in [-0.2, 0) is 4.79 Å². The Labute approximate surface area is 84.7 Å². The summed E-state index contributed by atoms with van der Waals surface area (Å²) < 4.78 is -0.441. The molecule has 0 aliphatic rings. The summed E-state index contributed by atoms with van der Waals surface area (Å²) in [6.07, 6.45) is 0. The van der Waals surface area contributed by atoms with Gasteiger partial charge in [-0.2, -0.15) is 0 Å². The average Bonchev–Trinajstić information content (AvgIpc) is 2.04. The molecule has 0 spiro atoms. The fourth-order valence-corrected chi connectivity index (χ4v) is 1.29. The van der Waals surface area contributed by atoms with Crippen molar-refractivity contribution in [3.05, 3.63) is 35.4 Å². The van der Waals surface area contributed by atoms with Gasteiger partial charge in [-0.05, 0) is 12.5 Å². The number of carboxylic acid groups (broad SMARTS) is 1. The van der Waals surface area contributed by atoms with Crippen molar-refractivity contribution in [3.63, 3.8) is 0 Å². The van der Waals surface area contributed by atoms with Crippen molar-refractivity contribution >= 4 is 28.6 Å². The van der Waals surface area contributed by atoms with E-state index in [2.05, 4.69) is 0 Å². The minimum absolute atomic E-state index is 0.441. The number of alkyl halides is 1. The van der Waals surface area contributed by atoms with Crippen LogP contribution >= 0.6 is 22.6 Å². The third kappa shape index (κ3) is 2.20. The molecule has 0 aliphatic carbocycles. The zero-order chi connectivity index (χ0) is 9.14. The van der Waals surface area contributed by atoms with Gasteiger partial charge in [0.2, 0.25) is 0 Å². The van der Waals surface area contributed by atoms with Crippen molar-refractivity contribution < 1.29 is 9.90 Å². The molecule has 1 unspecified atom stereocenters. The maximum absolute atomic E-state index is 10.6. The largest absolute Gasteiger partial charge is 0.480 e. The van der Waals surface area contributed by atoms with Crippen LogP contribution in [0.4, 0.5) is 0 Å². The number of hydrogen-bond acceptors (Lipinski definition) is 1. The lowest BCUT2D eigenvalue weighted by molar-refractivity contribution is -0.136. The van der Waals surface area contributed by atoms with Crippen LogP contribution in [0.25, 0.3) is 0 Å². The standard InChI is InChI=1S/C9H9IO2/c1-6-2-4-7(5-3-6)8(10)9(11)12/h2-5,8H,1H3,(H,11,12). The van der Waals surface area contributed by atoms with Gasteiger partial charge in [0.05, 0.1) is 0 Å². The van der Waals surface area contributed by atoms with Crippen LogP contribution in [0.2, 0.25) is 0 Å². The van der Waals surface area contributed by atoms with Crippen molar-refractivity contribution in [3.8, 4) is 0 Å². The topological polar surface area (TPSA) is 37.3 Å². The van der Waals surface area contributed by atoms with Crippen LogP contribution in [0.15, 0.2) is 24.3 Å². The van der Waals surface area contributed by atoms with E-state index in [1.165, 1.54) is 0 Å². The molecule has 2 nitrogen and oxygen atoms in total. The van der Waals surface area contributed by atoms with E-state index in [0.717, 1.165) is 11.1 Å². The molecule has 1 aromatic rings. The second-order valence-corrected chi connectivity index (χ2v) is 3.86. The first kappa shape index (κ1) is 9.51. The Morgan fingerprint density at radius 2 is 1.92 bits per heavy atom. The quantitative estimate of drug-likeness (QED) is 0.665. The highest BCUT2D eigenvalue weighted by Gasteiger charge is 2.14. The first-order chi connectivity index (χ1) is 5.61. The minimum Gasteiger partial charge on any atom is -0.480 e. The minimum atomic E-state index is -0.792. The zero-order valence-corrected chi connectivity index (χ0v) is 8.78. The second-order valence-electron chi connectivity index (χ2n) is 2.61. The number of halogens is 1. The van der Waals surface area contributed by atoms with Crippen LogP contribution in [0.5, 0.6) is 0 Å². The predicted octanol–water partition coefficient (Wildman–Crippen LogP) is 2.56. The molecule has 0 bridgehead atoms. The third-order valence-corrected chi connectivity index (χ3v) is 2.84. The van der Waals surface area contributed by atoms with Gasteiger partial charge in [0.15, 0.2) is 0 Å². The van der Waals surface area contributed by atoms with Crippen LogP contribution < -0.4 is 0 Å². The summed E-state index contributed by atoms with van der Waals surface area (Å²) in [6, 6.07) is 7.54. The first-order valence-corrected chi connectivity index (χ1v) is 4.79. The maximum Gasteiger partial charge on any atom is 0.320 e. The molecule has 64 valence electrons. The zero-order valence-electron chi connectivity index (χ0n) is 6.62. The number of rotatable bonds is 2. The average molecular weight is 276 g/mol. The number of hydrogen-bond donors (Lipinski definition) is 1. The highest BCUT2D eigenvalue weighted by atomic mass is 127. The summed E-state index contributed by atoms with van der Waals surface area (Å²) in [6.45, 7) is 1.98. The fraction of sp³-hybridized carbons (Fsp3) is 0.222. The van der Waals surface area contributed by atoms with Gasteiger partial charge in [-0.25, -0.2) is 0 Å². The Bertz CT molecular complexity index is 279. The van der Waals surface area contributed by atoms with E-state index in [1.807, 2.05) is 53.8 Å². The van der Waals surface area contributed by atoms with Crippen LogP contribution in [0.1, 0.15) is 15.1 Å². The second kappa shape index (κ2) is 3.89. The summed E-state index contributed by atoms with van der Waals surface area (Å²) in [5, 5.41) is 8.70. The molecule has 0 radical (unpaired) electrons. The van der Waals surface area contributed by atoms with E-state index in [4.69, 9.17) is 5.11 Å². The normalized spacial score (nSPS) is 12.5. The molecular formula is C9H9IO2. The van der Waals surface area contributed by atoms with Crippen LogP contribution in [-0.4, -0.2) is 11.1 Å². The Morgan fingerprint density at radius 1 is 1.42 bits per heavy atom. The molecule has 0 fully saturated rings. The summed E-state index contributed by atoms with van der Waals surface area (Å²) in [7, 11) is 0. The Balaban J connectivity index is 2.89. The highest BCUT2D eigenvalue weighted by molar-refractivity contribution is 14.1. The summed E-state index contributed by atoms with van der Waals surface area (Å²) in [5.74, 6) is -0.792. The molecule has 1 aromatic carbocycles. The smallest absolute Gasteiger partial charge is 0.320 e. The Kier molecular flexibility index (Phi) is 3.08. The lowest BCUT2D eigenvalue weighted by Gasteiger charge is -2.04. The molecule has 0 aromatic heterocycles. The number of carboxylic acids is 1. The molecule has 3 heteroatoms.